The summed E-state index contributed by atoms with van der Waals surface area (Å²) >= 11 is 1.18. The molecule has 2 heterocycles. The van der Waals surface area contributed by atoms with Crippen LogP contribution in [-0.4, -0.2) is 42.5 Å². The maximum Gasteiger partial charge on any atom is 0.348 e. The van der Waals surface area contributed by atoms with Gasteiger partial charge < -0.3 is 14.2 Å². The molecule has 0 spiro atoms. The minimum Gasteiger partial charge on any atom is -0.494 e. The van der Waals surface area contributed by atoms with Crippen molar-refractivity contribution in [1.82, 2.24) is 9.55 Å². The first-order valence-corrected chi connectivity index (χ1v) is 10.7. The molecule has 0 N–H and O–H groups in total. The number of aryl methyl sites for hydroxylation is 3. The summed E-state index contributed by atoms with van der Waals surface area (Å²) in [5.74, 6) is 0.395. The van der Waals surface area contributed by atoms with E-state index in [0.717, 1.165) is 18.6 Å². The highest BCUT2D eigenvalue weighted by atomic mass is 32.1. The largest absolute Gasteiger partial charge is 0.494 e. The maximum absolute atomic E-state index is 12.9. The molecular formula is C22H26N2O5S. The monoisotopic (exact) mass is 430 g/mol. The van der Waals surface area contributed by atoms with E-state index < -0.39 is 5.97 Å². The van der Waals surface area contributed by atoms with Crippen molar-refractivity contribution in [2.45, 2.75) is 33.2 Å². The van der Waals surface area contributed by atoms with Gasteiger partial charge in [-0.3, -0.25) is 9.36 Å². The Kier molecular flexibility index (Phi) is 7.59. The molecular weight excluding hydrogens is 404 g/mol. The molecule has 0 saturated heterocycles. The number of fused-ring (bicyclic) bond motifs is 1. The lowest BCUT2D eigenvalue weighted by Gasteiger charge is -2.08. The molecule has 0 saturated carbocycles. The van der Waals surface area contributed by atoms with Crippen LogP contribution in [0.5, 0.6) is 5.75 Å². The molecule has 8 heteroatoms. The molecule has 0 aliphatic carbocycles. The Labute approximate surface area is 179 Å². The number of thiophene rings is 1. The van der Waals surface area contributed by atoms with Gasteiger partial charge in [-0.05, 0) is 44.4 Å². The second kappa shape index (κ2) is 10.4. The lowest BCUT2D eigenvalue weighted by atomic mass is 10.2. The highest BCUT2D eigenvalue weighted by Crippen LogP contribution is 2.27. The van der Waals surface area contributed by atoms with E-state index in [4.69, 9.17) is 14.2 Å². The first kappa shape index (κ1) is 22.0. The number of carbonyl (C=O) groups is 1. The molecule has 0 unspecified atom stereocenters. The van der Waals surface area contributed by atoms with Gasteiger partial charge in [-0.1, -0.05) is 17.7 Å². The Morgan fingerprint density at radius 1 is 1.10 bits per heavy atom. The van der Waals surface area contributed by atoms with E-state index in [9.17, 15) is 9.59 Å². The van der Waals surface area contributed by atoms with Gasteiger partial charge in [0, 0.05) is 13.7 Å². The SMILES string of the molecule is COCCOC(=O)c1sc2ncn(CCCCOc3ccc(C)cc3)c(=O)c2c1C. The van der Waals surface area contributed by atoms with Crippen molar-refractivity contribution in [2.24, 2.45) is 0 Å². The van der Waals surface area contributed by atoms with Gasteiger partial charge in [0.15, 0.2) is 0 Å². The van der Waals surface area contributed by atoms with Crippen LogP contribution in [0.15, 0.2) is 35.4 Å². The summed E-state index contributed by atoms with van der Waals surface area (Å²) in [6, 6.07) is 7.94. The Morgan fingerprint density at radius 3 is 2.60 bits per heavy atom. The molecule has 1 aromatic carbocycles. The smallest absolute Gasteiger partial charge is 0.348 e. The predicted molar refractivity (Wildman–Crippen MR) is 117 cm³/mol. The number of esters is 1. The van der Waals surface area contributed by atoms with Crippen LogP contribution in [0.3, 0.4) is 0 Å². The summed E-state index contributed by atoms with van der Waals surface area (Å²) in [6.07, 6.45) is 3.15. The number of methoxy groups -OCH3 is 1. The van der Waals surface area contributed by atoms with Crippen LogP contribution >= 0.6 is 11.3 Å². The summed E-state index contributed by atoms with van der Waals surface area (Å²) < 4.78 is 17.4. The normalized spacial score (nSPS) is 11.0. The molecule has 30 heavy (non-hydrogen) atoms. The van der Waals surface area contributed by atoms with Crippen molar-refractivity contribution in [2.75, 3.05) is 26.9 Å². The quantitative estimate of drug-likeness (QED) is 0.360. The van der Waals surface area contributed by atoms with Crippen molar-refractivity contribution in [1.29, 1.82) is 0 Å². The average Bonchev–Trinajstić information content (AvgIpc) is 3.08. The third kappa shape index (κ3) is 5.25. The Morgan fingerprint density at radius 2 is 1.87 bits per heavy atom. The third-order valence-corrected chi connectivity index (χ3v) is 5.89. The highest BCUT2D eigenvalue weighted by molar-refractivity contribution is 7.20. The average molecular weight is 431 g/mol. The molecule has 0 radical (unpaired) electrons. The third-order valence-electron chi connectivity index (χ3n) is 4.71. The molecule has 3 rings (SSSR count). The van der Waals surface area contributed by atoms with Crippen LogP contribution in [0.25, 0.3) is 10.2 Å². The number of ether oxygens (including phenoxy) is 3. The summed E-state index contributed by atoms with van der Waals surface area (Å²) in [6.45, 7) is 5.42. The van der Waals surface area contributed by atoms with Crippen molar-refractivity contribution in [3.8, 4) is 5.75 Å². The number of nitrogens with zero attached hydrogens (tertiary/aromatic N) is 2. The number of unbranched alkanes of at least 4 members (excludes halogenated alkanes) is 1. The number of hydrogen-bond acceptors (Lipinski definition) is 7. The molecule has 0 aliphatic rings. The zero-order valence-corrected chi connectivity index (χ0v) is 18.3. The second-order valence-corrected chi connectivity index (χ2v) is 7.98. The minimum absolute atomic E-state index is 0.135. The van der Waals surface area contributed by atoms with E-state index in [1.807, 2.05) is 31.2 Å². The Bertz CT molecular complexity index is 1060. The lowest BCUT2D eigenvalue weighted by molar-refractivity contribution is 0.0393. The van der Waals surface area contributed by atoms with E-state index in [2.05, 4.69) is 4.98 Å². The van der Waals surface area contributed by atoms with Crippen LogP contribution < -0.4 is 10.3 Å². The van der Waals surface area contributed by atoms with E-state index in [-0.39, 0.29) is 12.2 Å². The first-order valence-electron chi connectivity index (χ1n) is 9.85. The fourth-order valence-corrected chi connectivity index (χ4v) is 4.04. The number of benzene rings is 1. The van der Waals surface area contributed by atoms with Crippen molar-refractivity contribution in [3.63, 3.8) is 0 Å². The topological polar surface area (TPSA) is 79.7 Å². The lowest BCUT2D eigenvalue weighted by Crippen LogP contribution is -2.21. The van der Waals surface area contributed by atoms with Crippen molar-refractivity contribution in [3.05, 3.63) is 57.0 Å². The minimum atomic E-state index is -0.452. The molecule has 0 fully saturated rings. The molecule has 0 amide bonds. The van der Waals surface area contributed by atoms with Crippen molar-refractivity contribution >= 4 is 27.5 Å². The molecule has 160 valence electrons. The first-order chi connectivity index (χ1) is 14.5. The van der Waals surface area contributed by atoms with Gasteiger partial charge >= 0.3 is 5.97 Å². The fraction of sp³-hybridized carbons (Fsp3) is 0.409. The van der Waals surface area contributed by atoms with Crippen LogP contribution in [0.4, 0.5) is 0 Å². The zero-order valence-electron chi connectivity index (χ0n) is 17.5. The summed E-state index contributed by atoms with van der Waals surface area (Å²) in [7, 11) is 1.54. The van der Waals surface area contributed by atoms with E-state index in [1.165, 1.54) is 16.9 Å². The maximum atomic E-state index is 12.9. The predicted octanol–water partition coefficient (Wildman–Crippen LogP) is 3.74. The molecule has 0 atom stereocenters. The Hall–Kier alpha value is -2.71. The van der Waals surface area contributed by atoms with Gasteiger partial charge in [0.05, 0.1) is 24.9 Å². The van der Waals surface area contributed by atoms with E-state index in [0.29, 0.717) is 40.4 Å². The highest BCUT2D eigenvalue weighted by Gasteiger charge is 2.20. The van der Waals surface area contributed by atoms with Gasteiger partial charge in [0.1, 0.15) is 22.1 Å². The summed E-state index contributed by atoms with van der Waals surface area (Å²) in [5.41, 5.74) is 1.68. The van der Waals surface area contributed by atoms with Gasteiger partial charge in [0.25, 0.3) is 5.56 Å². The van der Waals surface area contributed by atoms with E-state index in [1.54, 1.807) is 24.9 Å². The zero-order chi connectivity index (χ0) is 21.5. The second-order valence-electron chi connectivity index (χ2n) is 6.98. The number of rotatable bonds is 10. The summed E-state index contributed by atoms with van der Waals surface area (Å²) in [5, 5.41) is 0.483. The number of hydrogen-bond donors (Lipinski definition) is 0. The standard InChI is InChI=1S/C22H26N2O5S/c1-15-6-8-17(9-7-15)28-11-5-4-10-24-14-23-20-18(21(24)25)16(2)19(30-20)22(26)29-13-12-27-3/h6-9,14H,4-5,10-13H2,1-3H3. The van der Waals surface area contributed by atoms with Gasteiger partial charge in [-0.25, -0.2) is 9.78 Å². The van der Waals surface area contributed by atoms with Gasteiger partial charge in [-0.15, -0.1) is 11.3 Å². The van der Waals surface area contributed by atoms with Gasteiger partial charge in [-0.2, -0.15) is 0 Å². The number of carbonyl (C=O) groups excluding carboxylic acids is 1. The summed E-state index contributed by atoms with van der Waals surface area (Å²) in [4.78, 5) is 30.5. The number of aromatic nitrogens is 2. The van der Waals surface area contributed by atoms with Crippen LogP contribution in [-0.2, 0) is 16.0 Å². The van der Waals surface area contributed by atoms with E-state index >= 15 is 0 Å². The molecule has 2 aromatic heterocycles. The molecule has 0 aliphatic heterocycles. The van der Waals surface area contributed by atoms with Gasteiger partial charge in [0.2, 0.25) is 0 Å². The van der Waals surface area contributed by atoms with Crippen LogP contribution in [0, 0.1) is 13.8 Å². The van der Waals surface area contributed by atoms with Crippen LogP contribution in [0.2, 0.25) is 0 Å². The molecule has 0 bridgehead atoms. The van der Waals surface area contributed by atoms with Crippen molar-refractivity contribution < 1.29 is 19.0 Å². The molecule has 3 aromatic rings. The Balaban J connectivity index is 1.60. The van der Waals surface area contributed by atoms with Crippen LogP contribution in [0.1, 0.15) is 33.6 Å². The fourth-order valence-electron chi connectivity index (χ4n) is 3.01. The molecule has 7 nitrogen and oxygen atoms in total.